The number of aromatic nitrogens is 4. The number of fused-ring (bicyclic) bond motifs is 1. The topological polar surface area (TPSA) is 107 Å². The molecule has 148 valence electrons. The Hall–Kier alpha value is -3.17. The van der Waals surface area contributed by atoms with Gasteiger partial charge in [-0.05, 0) is 12.1 Å². The molecule has 8 nitrogen and oxygen atoms in total. The van der Waals surface area contributed by atoms with Crippen molar-refractivity contribution in [1.29, 1.82) is 0 Å². The molecular formula is C19H15ClN4O4S. The second-order valence-electron chi connectivity index (χ2n) is 6.25. The third-order valence-electron chi connectivity index (χ3n) is 4.45. The van der Waals surface area contributed by atoms with Gasteiger partial charge in [-0.25, -0.2) is 18.1 Å². The predicted octanol–water partition coefficient (Wildman–Crippen LogP) is 2.93. The molecule has 0 radical (unpaired) electrons. The van der Waals surface area contributed by atoms with Gasteiger partial charge in [-0.3, -0.25) is 4.79 Å². The molecule has 29 heavy (non-hydrogen) atoms. The van der Waals surface area contributed by atoms with Crippen molar-refractivity contribution in [2.75, 3.05) is 7.11 Å². The Morgan fingerprint density at radius 2 is 1.86 bits per heavy atom. The number of rotatable bonds is 4. The molecule has 0 atom stereocenters. The molecule has 4 rings (SSSR count). The Morgan fingerprint density at radius 1 is 1.14 bits per heavy atom. The van der Waals surface area contributed by atoms with Crippen molar-refractivity contribution in [2.45, 2.75) is 4.90 Å². The summed E-state index contributed by atoms with van der Waals surface area (Å²) in [5, 5.41) is 4.81. The van der Waals surface area contributed by atoms with Crippen LogP contribution in [0.5, 0.6) is 5.75 Å². The molecule has 0 saturated heterocycles. The Morgan fingerprint density at radius 3 is 2.52 bits per heavy atom. The Labute approximate surface area is 170 Å². The van der Waals surface area contributed by atoms with Crippen molar-refractivity contribution in [3.63, 3.8) is 0 Å². The van der Waals surface area contributed by atoms with Gasteiger partial charge in [0.25, 0.3) is 14.6 Å². The first-order valence-electron chi connectivity index (χ1n) is 8.45. The number of aryl methyl sites for hydroxylation is 1. The monoisotopic (exact) mass is 430 g/mol. The number of methoxy groups -OCH3 is 1. The van der Waals surface area contributed by atoms with Crippen LogP contribution in [0, 0.1) is 0 Å². The summed E-state index contributed by atoms with van der Waals surface area (Å²) >= 11 is 0. The van der Waals surface area contributed by atoms with E-state index in [0.717, 1.165) is 5.56 Å². The standard InChI is InChI=1S/C19H15ClN4O4S/c1-24-18-15(16(23-24)11-6-4-3-5-7-11)19(25)22-17(21-18)13-9-8-12(29(20,26)27)10-14(13)28-2/h3-10H,1-2H3,(H,21,22,25). The van der Waals surface area contributed by atoms with E-state index in [0.29, 0.717) is 22.3 Å². The minimum Gasteiger partial charge on any atom is -0.496 e. The first-order valence-corrected chi connectivity index (χ1v) is 10.8. The SMILES string of the molecule is COc1cc(S(=O)(=O)Cl)ccc1-c1nc2c(c(-c3ccccc3)nn2C)c(=O)[nH]1. The van der Waals surface area contributed by atoms with Gasteiger partial charge >= 0.3 is 0 Å². The molecule has 2 aromatic heterocycles. The second kappa shape index (κ2) is 7.02. The summed E-state index contributed by atoms with van der Waals surface area (Å²) in [5.41, 5.74) is 1.76. The van der Waals surface area contributed by atoms with E-state index in [9.17, 15) is 13.2 Å². The predicted molar refractivity (Wildman–Crippen MR) is 110 cm³/mol. The molecule has 0 bridgehead atoms. The summed E-state index contributed by atoms with van der Waals surface area (Å²) in [6, 6.07) is 13.4. The molecule has 0 aliphatic carbocycles. The number of H-pyrrole nitrogens is 1. The Bertz CT molecular complexity index is 1400. The lowest BCUT2D eigenvalue weighted by Gasteiger charge is -2.09. The molecular weight excluding hydrogens is 416 g/mol. The van der Waals surface area contributed by atoms with Gasteiger partial charge in [-0.2, -0.15) is 5.10 Å². The fourth-order valence-corrected chi connectivity index (χ4v) is 3.87. The van der Waals surface area contributed by atoms with E-state index < -0.39 is 9.05 Å². The molecule has 0 saturated carbocycles. The molecule has 0 aliphatic heterocycles. The number of hydrogen-bond acceptors (Lipinski definition) is 6. The van der Waals surface area contributed by atoms with Crippen LogP contribution in [0.2, 0.25) is 0 Å². The van der Waals surface area contributed by atoms with E-state index in [1.807, 2.05) is 30.3 Å². The number of aromatic amines is 1. The van der Waals surface area contributed by atoms with Gasteiger partial charge in [0.2, 0.25) is 0 Å². The van der Waals surface area contributed by atoms with Crippen molar-refractivity contribution >= 4 is 30.8 Å². The molecule has 0 aliphatic rings. The van der Waals surface area contributed by atoms with Crippen molar-refractivity contribution in [1.82, 2.24) is 19.7 Å². The molecule has 0 unspecified atom stereocenters. The molecule has 10 heteroatoms. The number of halogens is 1. The van der Waals surface area contributed by atoms with Gasteiger partial charge in [-0.1, -0.05) is 30.3 Å². The van der Waals surface area contributed by atoms with Crippen LogP contribution in [-0.2, 0) is 16.1 Å². The van der Waals surface area contributed by atoms with Crippen LogP contribution in [0.25, 0.3) is 33.7 Å². The lowest BCUT2D eigenvalue weighted by Crippen LogP contribution is -2.11. The third kappa shape index (κ3) is 3.39. The summed E-state index contributed by atoms with van der Waals surface area (Å²) in [6.07, 6.45) is 0. The summed E-state index contributed by atoms with van der Waals surface area (Å²) in [7, 11) is 4.56. The van der Waals surface area contributed by atoms with Crippen LogP contribution in [0.4, 0.5) is 0 Å². The number of benzene rings is 2. The maximum absolute atomic E-state index is 12.9. The Kier molecular flexibility index (Phi) is 4.64. The normalized spacial score (nSPS) is 11.7. The maximum atomic E-state index is 12.9. The third-order valence-corrected chi connectivity index (χ3v) is 5.80. The molecule has 1 N–H and O–H groups in total. The van der Waals surface area contributed by atoms with Crippen LogP contribution in [0.15, 0.2) is 58.2 Å². The fraction of sp³-hybridized carbons (Fsp3) is 0.105. The van der Waals surface area contributed by atoms with Gasteiger partial charge < -0.3 is 9.72 Å². The van der Waals surface area contributed by atoms with Crippen LogP contribution in [0.1, 0.15) is 0 Å². The van der Waals surface area contributed by atoms with Crippen LogP contribution in [-0.4, -0.2) is 35.3 Å². The first-order chi connectivity index (χ1) is 13.8. The van der Waals surface area contributed by atoms with Gasteiger partial charge in [0, 0.05) is 29.4 Å². The average molecular weight is 431 g/mol. The number of ether oxygens (including phenoxy) is 1. The summed E-state index contributed by atoms with van der Waals surface area (Å²) in [5.74, 6) is 0.431. The highest BCUT2D eigenvalue weighted by Crippen LogP contribution is 2.32. The van der Waals surface area contributed by atoms with Gasteiger partial charge in [0.15, 0.2) is 5.65 Å². The lowest BCUT2D eigenvalue weighted by molar-refractivity contribution is 0.415. The zero-order valence-electron chi connectivity index (χ0n) is 15.4. The average Bonchev–Trinajstić information content (AvgIpc) is 3.04. The highest BCUT2D eigenvalue weighted by atomic mass is 35.7. The molecule has 0 spiro atoms. The summed E-state index contributed by atoms with van der Waals surface area (Å²) < 4.78 is 30.0. The summed E-state index contributed by atoms with van der Waals surface area (Å²) in [4.78, 5) is 20.1. The first kappa shape index (κ1) is 19.2. The number of nitrogens with zero attached hydrogens (tertiary/aromatic N) is 3. The number of hydrogen-bond donors (Lipinski definition) is 1. The molecule has 0 fully saturated rings. The van der Waals surface area contributed by atoms with Crippen molar-refractivity contribution in [2.24, 2.45) is 7.05 Å². The van der Waals surface area contributed by atoms with E-state index in [4.69, 9.17) is 15.4 Å². The number of nitrogens with one attached hydrogen (secondary N) is 1. The zero-order valence-corrected chi connectivity index (χ0v) is 17.0. The largest absolute Gasteiger partial charge is 0.496 e. The van der Waals surface area contributed by atoms with Crippen LogP contribution < -0.4 is 10.3 Å². The van der Waals surface area contributed by atoms with Crippen molar-refractivity contribution in [3.05, 3.63) is 58.9 Å². The van der Waals surface area contributed by atoms with Crippen molar-refractivity contribution < 1.29 is 13.2 Å². The van der Waals surface area contributed by atoms with Gasteiger partial charge in [-0.15, -0.1) is 0 Å². The van der Waals surface area contributed by atoms with Gasteiger partial charge in [0.05, 0.1) is 17.6 Å². The zero-order chi connectivity index (χ0) is 20.8. The van der Waals surface area contributed by atoms with Crippen LogP contribution in [0.3, 0.4) is 0 Å². The highest BCUT2D eigenvalue weighted by molar-refractivity contribution is 8.13. The van der Waals surface area contributed by atoms with Gasteiger partial charge in [0.1, 0.15) is 22.7 Å². The Balaban J connectivity index is 1.94. The van der Waals surface area contributed by atoms with Crippen molar-refractivity contribution in [3.8, 4) is 28.4 Å². The molecule has 2 aromatic carbocycles. The minimum absolute atomic E-state index is 0.116. The second-order valence-corrected chi connectivity index (χ2v) is 8.82. The van der Waals surface area contributed by atoms with E-state index in [1.54, 1.807) is 7.05 Å². The quantitative estimate of drug-likeness (QED) is 0.499. The molecule has 0 amide bonds. The lowest BCUT2D eigenvalue weighted by atomic mass is 10.1. The smallest absolute Gasteiger partial charge is 0.262 e. The van der Waals surface area contributed by atoms with Crippen LogP contribution >= 0.6 is 10.7 Å². The van der Waals surface area contributed by atoms with E-state index in [-0.39, 0.29) is 22.0 Å². The molecule has 4 aromatic rings. The minimum atomic E-state index is -3.93. The maximum Gasteiger partial charge on any atom is 0.262 e. The summed E-state index contributed by atoms with van der Waals surface area (Å²) in [6.45, 7) is 0. The van der Waals surface area contributed by atoms with E-state index in [2.05, 4.69) is 15.1 Å². The fourth-order valence-electron chi connectivity index (χ4n) is 3.10. The van der Waals surface area contributed by atoms with E-state index >= 15 is 0 Å². The molecule has 2 heterocycles. The van der Waals surface area contributed by atoms with E-state index in [1.165, 1.54) is 30.0 Å². The highest BCUT2D eigenvalue weighted by Gasteiger charge is 2.20.